The van der Waals surface area contributed by atoms with Crippen LogP contribution in [-0.2, 0) is 10.0 Å². The number of rotatable bonds is 4. The Morgan fingerprint density at radius 1 is 1.35 bits per heavy atom. The minimum absolute atomic E-state index is 0.234. The molecule has 0 fully saturated rings. The molecule has 20 heavy (non-hydrogen) atoms. The number of benzene rings is 1. The quantitative estimate of drug-likeness (QED) is 0.826. The fraction of sp³-hybridized carbons (Fsp3) is 0. The van der Waals surface area contributed by atoms with E-state index in [4.69, 9.17) is 16.7 Å². The van der Waals surface area contributed by atoms with Crippen LogP contribution in [0.4, 0.5) is 5.69 Å². The van der Waals surface area contributed by atoms with Gasteiger partial charge in [0.15, 0.2) is 0 Å². The van der Waals surface area contributed by atoms with Gasteiger partial charge in [-0.25, -0.2) is 13.2 Å². The van der Waals surface area contributed by atoms with Gasteiger partial charge in [-0.1, -0.05) is 11.6 Å². The van der Waals surface area contributed by atoms with Gasteiger partial charge in [-0.15, -0.1) is 11.3 Å². The van der Waals surface area contributed by atoms with Crippen molar-refractivity contribution in [3.63, 3.8) is 0 Å². The summed E-state index contributed by atoms with van der Waals surface area (Å²) in [6.45, 7) is 0. The van der Waals surface area contributed by atoms with Crippen molar-refractivity contribution in [1.82, 2.24) is 0 Å². The van der Waals surface area contributed by atoms with Gasteiger partial charge in [0.1, 0.15) is 9.77 Å². The molecule has 0 spiro atoms. The fourth-order valence-corrected chi connectivity index (χ4v) is 4.69. The van der Waals surface area contributed by atoms with E-state index >= 15 is 0 Å². The van der Waals surface area contributed by atoms with E-state index in [0.717, 1.165) is 11.3 Å². The van der Waals surface area contributed by atoms with Gasteiger partial charge in [-0.05, 0) is 45.6 Å². The first-order valence-electron chi connectivity index (χ1n) is 5.10. The summed E-state index contributed by atoms with van der Waals surface area (Å²) in [7, 11) is -3.97. The summed E-state index contributed by atoms with van der Waals surface area (Å²) in [6.07, 6.45) is 0. The summed E-state index contributed by atoms with van der Waals surface area (Å²) in [4.78, 5) is 10.5. The van der Waals surface area contributed by atoms with Crippen LogP contribution in [0.25, 0.3) is 0 Å². The lowest BCUT2D eigenvalue weighted by Crippen LogP contribution is -2.15. The van der Waals surface area contributed by atoms with Crippen LogP contribution in [0.3, 0.4) is 0 Å². The fourth-order valence-electron chi connectivity index (χ4n) is 1.44. The van der Waals surface area contributed by atoms with Crippen molar-refractivity contribution in [2.75, 3.05) is 4.72 Å². The number of carboxylic acid groups (broad SMARTS) is 1. The van der Waals surface area contributed by atoms with Crippen LogP contribution in [0, 0.1) is 0 Å². The SMILES string of the molecule is O=C(O)c1sccc1S(=O)(=O)Nc1ccc(Cl)cc1Br. The predicted molar refractivity (Wildman–Crippen MR) is 81.2 cm³/mol. The van der Waals surface area contributed by atoms with Gasteiger partial charge >= 0.3 is 5.97 Å². The zero-order chi connectivity index (χ0) is 14.9. The van der Waals surface area contributed by atoms with Crippen molar-refractivity contribution in [3.05, 3.63) is 44.0 Å². The number of anilines is 1. The summed E-state index contributed by atoms with van der Waals surface area (Å²) in [5.41, 5.74) is 0.275. The molecule has 0 atom stereocenters. The number of thiophene rings is 1. The van der Waals surface area contributed by atoms with Crippen LogP contribution in [0.1, 0.15) is 9.67 Å². The molecule has 1 aromatic heterocycles. The van der Waals surface area contributed by atoms with E-state index in [0.29, 0.717) is 9.50 Å². The molecule has 9 heteroatoms. The van der Waals surface area contributed by atoms with Gasteiger partial charge < -0.3 is 5.11 Å². The maximum absolute atomic E-state index is 12.2. The highest BCUT2D eigenvalue weighted by Crippen LogP contribution is 2.29. The molecule has 0 unspecified atom stereocenters. The lowest BCUT2D eigenvalue weighted by atomic mass is 10.3. The summed E-state index contributed by atoms with van der Waals surface area (Å²) >= 11 is 9.81. The number of carboxylic acids is 1. The molecule has 0 saturated heterocycles. The van der Waals surface area contributed by atoms with Crippen LogP contribution < -0.4 is 4.72 Å². The second kappa shape index (κ2) is 5.72. The van der Waals surface area contributed by atoms with E-state index in [2.05, 4.69) is 20.7 Å². The third-order valence-corrected chi connectivity index (χ3v) is 5.62. The first-order chi connectivity index (χ1) is 9.31. The maximum atomic E-state index is 12.2. The molecule has 106 valence electrons. The molecular formula is C11H7BrClNO4S2. The zero-order valence-electron chi connectivity index (χ0n) is 9.63. The van der Waals surface area contributed by atoms with Crippen molar-refractivity contribution < 1.29 is 18.3 Å². The third-order valence-electron chi connectivity index (χ3n) is 2.29. The predicted octanol–water partition coefficient (Wildman–Crippen LogP) is 3.66. The third kappa shape index (κ3) is 3.14. The first kappa shape index (κ1) is 15.3. The summed E-state index contributed by atoms with van der Waals surface area (Å²) < 4.78 is 27.2. The number of hydrogen-bond acceptors (Lipinski definition) is 4. The Hall–Kier alpha value is -1.09. The number of nitrogens with one attached hydrogen (secondary N) is 1. The molecule has 0 amide bonds. The van der Waals surface area contributed by atoms with Gasteiger partial charge in [0.05, 0.1) is 5.69 Å². The Labute approximate surface area is 132 Å². The standard InChI is InChI=1S/C11H7BrClNO4S2/c12-7-5-6(13)1-2-8(7)14-20(17,18)9-3-4-19-10(9)11(15)16/h1-5,14H,(H,15,16). The van der Waals surface area contributed by atoms with Crippen molar-refractivity contribution >= 4 is 60.5 Å². The molecule has 0 aliphatic carbocycles. The molecule has 2 N–H and O–H groups in total. The highest BCUT2D eigenvalue weighted by molar-refractivity contribution is 9.10. The van der Waals surface area contributed by atoms with Crippen molar-refractivity contribution in [2.24, 2.45) is 0 Å². The maximum Gasteiger partial charge on any atom is 0.347 e. The Bertz CT molecular complexity index is 772. The average Bonchev–Trinajstić information content (AvgIpc) is 2.82. The highest BCUT2D eigenvalue weighted by atomic mass is 79.9. The number of halogens is 2. The summed E-state index contributed by atoms with van der Waals surface area (Å²) in [5, 5.41) is 10.8. The Balaban J connectivity index is 2.41. The van der Waals surface area contributed by atoms with Gasteiger partial charge in [0.25, 0.3) is 10.0 Å². The highest BCUT2D eigenvalue weighted by Gasteiger charge is 2.24. The molecule has 2 rings (SSSR count). The van der Waals surface area contributed by atoms with E-state index in [1.807, 2.05) is 0 Å². The smallest absolute Gasteiger partial charge is 0.347 e. The van der Waals surface area contributed by atoms with Crippen LogP contribution >= 0.6 is 38.9 Å². The van der Waals surface area contributed by atoms with E-state index in [1.165, 1.54) is 29.6 Å². The lowest BCUT2D eigenvalue weighted by Gasteiger charge is -2.09. The molecule has 0 aliphatic heterocycles. The van der Waals surface area contributed by atoms with Crippen LogP contribution in [-0.4, -0.2) is 19.5 Å². The number of sulfonamides is 1. The van der Waals surface area contributed by atoms with Crippen LogP contribution in [0.2, 0.25) is 5.02 Å². The summed E-state index contributed by atoms with van der Waals surface area (Å²) in [6, 6.07) is 5.79. The largest absolute Gasteiger partial charge is 0.477 e. The van der Waals surface area contributed by atoms with Crippen molar-refractivity contribution in [1.29, 1.82) is 0 Å². The van der Waals surface area contributed by atoms with Crippen molar-refractivity contribution in [3.8, 4) is 0 Å². The normalized spacial score (nSPS) is 11.3. The summed E-state index contributed by atoms with van der Waals surface area (Å²) in [5.74, 6) is -1.28. The minimum atomic E-state index is -3.97. The minimum Gasteiger partial charge on any atom is -0.477 e. The molecule has 0 bridgehead atoms. The lowest BCUT2D eigenvalue weighted by molar-refractivity contribution is 0.0698. The molecular weight excluding hydrogens is 390 g/mol. The van der Waals surface area contributed by atoms with E-state index < -0.39 is 16.0 Å². The van der Waals surface area contributed by atoms with Crippen LogP contribution in [0.15, 0.2) is 39.0 Å². The zero-order valence-corrected chi connectivity index (χ0v) is 13.6. The van der Waals surface area contributed by atoms with E-state index in [9.17, 15) is 13.2 Å². The number of hydrogen-bond donors (Lipinski definition) is 2. The van der Waals surface area contributed by atoms with Crippen LogP contribution in [0.5, 0.6) is 0 Å². The molecule has 5 nitrogen and oxygen atoms in total. The van der Waals surface area contributed by atoms with Crippen molar-refractivity contribution in [2.45, 2.75) is 4.90 Å². The van der Waals surface area contributed by atoms with Gasteiger partial charge in [0.2, 0.25) is 0 Å². The molecule has 1 heterocycles. The molecule has 0 radical (unpaired) electrons. The van der Waals surface area contributed by atoms with Gasteiger partial charge in [-0.3, -0.25) is 4.72 Å². The van der Waals surface area contributed by atoms with E-state index in [-0.39, 0.29) is 15.5 Å². The Morgan fingerprint density at radius 2 is 2.05 bits per heavy atom. The molecule has 2 aromatic rings. The average molecular weight is 397 g/mol. The van der Waals surface area contributed by atoms with Gasteiger partial charge in [0, 0.05) is 9.50 Å². The second-order valence-electron chi connectivity index (χ2n) is 3.65. The topological polar surface area (TPSA) is 83.5 Å². The molecule has 0 aliphatic rings. The number of aromatic carboxylic acids is 1. The molecule has 0 saturated carbocycles. The first-order valence-corrected chi connectivity index (χ1v) is 8.63. The Morgan fingerprint density at radius 3 is 2.65 bits per heavy atom. The van der Waals surface area contributed by atoms with E-state index in [1.54, 1.807) is 0 Å². The monoisotopic (exact) mass is 395 g/mol. The Kier molecular flexibility index (Phi) is 4.38. The number of carbonyl (C=O) groups is 1. The second-order valence-corrected chi connectivity index (χ2v) is 7.51. The molecule has 1 aromatic carbocycles. The van der Waals surface area contributed by atoms with Gasteiger partial charge in [-0.2, -0.15) is 0 Å².